The lowest BCUT2D eigenvalue weighted by atomic mass is 9.72. The van der Waals surface area contributed by atoms with Crippen LogP contribution in [0.25, 0.3) is 0 Å². The van der Waals surface area contributed by atoms with E-state index in [0.717, 1.165) is 12.8 Å². The average molecular weight is 567 g/mol. The van der Waals surface area contributed by atoms with E-state index in [0.29, 0.717) is 29.3 Å². The number of fused-ring (bicyclic) bond motifs is 1. The fourth-order valence-electron chi connectivity index (χ4n) is 5.18. The first-order valence-electron chi connectivity index (χ1n) is 13.5. The summed E-state index contributed by atoms with van der Waals surface area (Å²) in [5.41, 5.74) is 1.37. The van der Waals surface area contributed by atoms with Crippen LogP contribution in [0.5, 0.6) is 0 Å². The largest absolute Gasteiger partial charge is 0.444 e. The zero-order valence-corrected chi connectivity index (χ0v) is 24.0. The van der Waals surface area contributed by atoms with Gasteiger partial charge in [-0.2, -0.15) is 0 Å². The average Bonchev–Trinajstić information content (AvgIpc) is 2.91. The molecule has 0 saturated heterocycles. The van der Waals surface area contributed by atoms with Crippen LogP contribution in [0, 0.1) is 5.92 Å². The first-order chi connectivity index (χ1) is 18.9. The van der Waals surface area contributed by atoms with Gasteiger partial charge in [0.25, 0.3) is 0 Å². The zero-order chi connectivity index (χ0) is 29.0. The quantitative estimate of drug-likeness (QED) is 0.426. The number of benzene rings is 2. The predicted octanol–water partition coefficient (Wildman–Crippen LogP) is 6.54. The van der Waals surface area contributed by atoms with Crippen molar-refractivity contribution in [3.05, 3.63) is 81.6 Å². The topological polar surface area (TPSA) is 102 Å². The molecule has 40 heavy (non-hydrogen) atoms. The summed E-state index contributed by atoms with van der Waals surface area (Å²) in [5, 5.41) is 3.26. The monoisotopic (exact) mass is 566 g/mol. The fourth-order valence-corrected chi connectivity index (χ4v) is 5.31. The van der Waals surface area contributed by atoms with Gasteiger partial charge >= 0.3 is 12.2 Å². The Kier molecular flexibility index (Phi) is 8.98. The number of nitrogens with zero attached hydrogens (tertiary/aromatic N) is 1. The Bertz CT molecular complexity index is 1320. The molecule has 0 spiro atoms. The van der Waals surface area contributed by atoms with Gasteiger partial charge in [-0.05, 0) is 76.0 Å². The fraction of sp³-hybridized carbons (Fsp3) is 0.419. The third-order valence-corrected chi connectivity index (χ3v) is 7.46. The number of nitrogens with one attached hydrogen (secondary N) is 1. The molecule has 2 amide bonds. The van der Waals surface area contributed by atoms with Crippen LogP contribution in [0.2, 0.25) is 5.02 Å². The molecule has 4 rings (SSSR count). The van der Waals surface area contributed by atoms with Crippen molar-refractivity contribution < 1.29 is 28.7 Å². The minimum Gasteiger partial charge on any atom is -0.444 e. The van der Waals surface area contributed by atoms with E-state index in [1.807, 2.05) is 24.3 Å². The molecule has 212 valence electrons. The highest BCUT2D eigenvalue weighted by Gasteiger charge is 2.39. The molecule has 2 aliphatic carbocycles. The number of rotatable bonds is 6. The van der Waals surface area contributed by atoms with E-state index in [2.05, 4.69) is 5.32 Å². The molecular formula is C31H35ClN2O6. The number of alkyl carbamates (subject to hydrolysis) is 1. The molecule has 2 aromatic rings. The molecule has 8 nitrogen and oxygen atoms in total. The molecule has 0 aromatic heterocycles. The smallest absolute Gasteiger partial charge is 0.412 e. The Labute approximate surface area is 239 Å². The lowest BCUT2D eigenvalue weighted by Crippen LogP contribution is -2.39. The van der Waals surface area contributed by atoms with Crippen LogP contribution < -0.4 is 5.32 Å². The van der Waals surface area contributed by atoms with Crippen LogP contribution in [0.1, 0.15) is 78.7 Å². The Morgan fingerprint density at radius 1 is 0.925 bits per heavy atom. The molecule has 0 aliphatic heterocycles. The Morgan fingerprint density at radius 3 is 2.10 bits per heavy atom. The molecule has 1 N–H and O–H groups in total. The maximum atomic E-state index is 13.6. The number of hydrogen-bond donors (Lipinski definition) is 1. The van der Waals surface area contributed by atoms with Crippen LogP contribution >= 0.6 is 11.6 Å². The van der Waals surface area contributed by atoms with E-state index >= 15 is 0 Å². The van der Waals surface area contributed by atoms with Crippen molar-refractivity contribution >= 4 is 35.4 Å². The van der Waals surface area contributed by atoms with Gasteiger partial charge in [-0.1, -0.05) is 48.0 Å². The number of likely N-dealkylation sites (N-methyl/N-ethyl adjacent to an activating group) is 1. The highest BCUT2D eigenvalue weighted by molar-refractivity contribution is 6.30. The summed E-state index contributed by atoms with van der Waals surface area (Å²) in [4.78, 5) is 53.4. The van der Waals surface area contributed by atoms with Gasteiger partial charge in [-0.15, -0.1) is 0 Å². The molecule has 0 bridgehead atoms. The number of hydrogen-bond acceptors (Lipinski definition) is 6. The van der Waals surface area contributed by atoms with Crippen molar-refractivity contribution in [3.63, 3.8) is 0 Å². The maximum absolute atomic E-state index is 13.6. The number of carbonyl (C=O) groups is 4. The maximum Gasteiger partial charge on any atom is 0.412 e. The molecule has 2 aromatic carbocycles. The number of allylic oxidation sites excluding steroid dienone is 2. The van der Waals surface area contributed by atoms with Crippen molar-refractivity contribution in [3.8, 4) is 0 Å². The van der Waals surface area contributed by atoms with Gasteiger partial charge in [0.1, 0.15) is 5.60 Å². The number of ketones is 2. The second kappa shape index (κ2) is 12.3. The van der Waals surface area contributed by atoms with Crippen LogP contribution in [-0.4, -0.2) is 54.4 Å². The summed E-state index contributed by atoms with van der Waals surface area (Å²) < 4.78 is 10.9. The van der Waals surface area contributed by atoms with Crippen LogP contribution in [-0.2, 0) is 9.47 Å². The van der Waals surface area contributed by atoms with Gasteiger partial charge in [0, 0.05) is 36.3 Å². The summed E-state index contributed by atoms with van der Waals surface area (Å²) in [6.45, 7) is 5.54. The molecule has 0 unspecified atom stereocenters. The lowest BCUT2D eigenvalue weighted by molar-refractivity contribution is 0.0299. The van der Waals surface area contributed by atoms with Gasteiger partial charge in [-0.3, -0.25) is 9.59 Å². The van der Waals surface area contributed by atoms with Crippen molar-refractivity contribution in [2.24, 2.45) is 5.92 Å². The first kappa shape index (κ1) is 29.3. The Balaban J connectivity index is 1.47. The van der Waals surface area contributed by atoms with Crippen molar-refractivity contribution in [2.45, 2.75) is 58.0 Å². The van der Waals surface area contributed by atoms with Gasteiger partial charge in [0.15, 0.2) is 11.5 Å². The van der Waals surface area contributed by atoms with Crippen LogP contribution in [0.4, 0.5) is 9.59 Å². The van der Waals surface area contributed by atoms with Crippen molar-refractivity contribution in [2.75, 3.05) is 20.1 Å². The van der Waals surface area contributed by atoms with Gasteiger partial charge in [0.2, 0.25) is 5.78 Å². The third kappa shape index (κ3) is 6.91. The SMILES string of the molecule is CN(CCNC(=O)OC1=C([C@H]2CC[C@H](c3ccc(Cl)cc3)CC2)C(=O)c2ccccc2C1=O)C(=O)OC(C)(C)C. The standard InChI is InChI=1S/C31H35ClN2O6/c1-31(2,3)40-30(38)34(4)18-17-33-29(37)39-28-25(26(35)23-7-5-6-8-24(23)27(28)36)21-11-9-19(10-12-21)20-13-15-22(32)16-14-20/h5-8,13-16,19,21H,9-12,17-18H2,1-4H3,(H,33,37)/t19-,21-. The summed E-state index contributed by atoms with van der Waals surface area (Å²) >= 11 is 6.04. The van der Waals surface area contributed by atoms with Crippen LogP contribution in [0.3, 0.4) is 0 Å². The van der Waals surface area contributed by atoms with E-state index < -0.39 is 23.6 Å². The van der Waals surface area contributed by atoms with E-state index in [4.69, 9.17) is 21.1 Å². The highest BCUT2D eigenvalue weighted by Crippen LogP contribution is 2.42. The van der Waals surface area contributed by atoms with Gasteiger partial charge < -0.3 is 19.7 Å². The Hall–Kier alpha value is -3.65. The number of halogens is 1. The highest BCUT2D eigenvalue weighted by atomic mass is 35.5. The molecule has 9 heteroatoms. The second-order valence-electron chi connectivity index (χ2n) is 11.3. The number of ether oxygens (including phenoxy) is 2. The van der Waals surface area contributed by atoms with Gasteiger partial charge in [-0.25, -0.2) is 9.59 Å². The molecule has 0 radical (unpaired) electrons. The molecule has 0 heterocycles. The molecular weight excluding hydrogens is 532 g/mol. The predicted molar refractivity (Wildman–Crippen MR) is 152 cm³/mol. The number of amides is 2. The van der Waals surface area contributed by atoms with Crippen LogP contribution in [0.15, 0.2) is 59.9 Å². The normalized spacial score (nSPS) is 19.1. The summed E-state index contributed by atoms with van der Waals surface area (Å²) in [6.07, 6.45) is 1.63. The van der Waals surface area contributed by atoms with E-state index in [-0.39, 0.29) is 41.7 Å². The minimum atomic E-state index is -0.861. The number of Topliss-reactive ketones (excluding diaryl/α,β-unsaturated/α-hetero) is 2. The third-order valence-electron chi connectivity index (χ3n) is 7.21. The summed E-state index contributed by atoms with van der Waals surface area (Å²) in [5.74, 6) is -0.861. The first-order valence-corrected chi connectivity index (χ1v) is 13.9. The summed E-state index contributed by atoms with van der Waals surface area (Å²) in [6, 6.07) is 14.4. The van der Waals surface area contributed by atoms with E-state index in [1.165, 1.54) is 10.5 Å². The van der Waals surface area contributed by atoms with Crippen molar-refractivity contribution in [1.82, 2.24) is 10.2 Å². The second-order valence-corrected chi connectivity index (χ2v) is 11.7. The Morgan fingerprint density at radius 2 is 1.50 bits per heavy atom. The van der Waals surface area contributed by atoms with E-state index in [1.54, 1.807) is 52.1 Å². The van der Waals surface area contributed by atoms with E-state index in [9.17, 15) is 19.2 Å². The molecule has 0 atom stereocenters. The zero-order valence-electron chi connectivity index (χ0n) is 23.3. The lowest BCUT2D eigenvalue weighted by Gasteiger charge is -2.32. The molecule has 2 aliphatic rings. The number of carbonyl (C=O) groups excluding carboxylic acids is 4. The minimum absolute atomic E-state index is 0.0715. The van der Waals surface area contributed by atoms with Gasteiger partial charge in [0.05, 0.1) is 5.57 Å². The van der Waals surface area contributed by atoms with Crippen molar-refractivity contribution in [1.29, 1.82) is 0 Å². The molecule has 1 fully saturated rings. The molecule has 1 saturated carbocycles. The summed E-state index contributed by atoms with van der Waals surface area (Å²) in [7, 11) is 1.56.